The molecule has 0 saturated carbocycles. The molecule has 166 valence electrons. The lowest BCUT2D eigenvalue weighted by molar-refractivity contribution is -0.124. The van der Waals surface area contributed by atoms with Crippen LogP contribution in [0.15, 0.2) is 72.9 Å². The minimum atomic E-state index is -0.871. The van der Waals surface area contributed by atoms with E-state index in [0.29, 0.717) is 30.7 Å². The van der Waals surface area contributed by atoms with Gasteiger partial charge in [-0.05, 0) is 48.4 Å². The van der Waals surface area contributed by atoms with Crippen molar-refractivity contribution in [3.8, 4) is 5.75 Å². The largest absolute Gasteiger partial charge is 0.508 e. The third kappa shape index (κ3) is 6.92. The highest BCUT2D eigenvalue weighted by Gasteiger charge is 2.22. The van der Waals surface area contributed by atoms with Crippen LogP contribution < -0.4 is 10.6 Å². The van der Waals surface area contributed by atoms with E-state index in [-0.39, 0.29) is 18.3 Å². The van der Waals surface area contributed by atoms with Crippen molar-refractivity contribution < 1.29 is 19.4 Å². The fourth-order valence-corrected chi connectivity index (χ4v) is 3.07. The SMILES string of the molecule is Cc1cc(C(=O)N[C@H](COCc2ccccc2)C(=O)NCCc2ccccn2)ccc1O. The summed E-state index contributed by atoms with van der Waals surface area (Å²) < 4.78 is 5.72. The Labute approximate surface area is 187 Å². The summed E-state index contributed by atoms with van der Waals surface area (Å²) in [6, 6.07) is 18.9. The summed E-state index contributed by atoms with van der Waals surface area (Å²) in [4.78, 5) is 29.8. The number of aryl methyl sites for hydroxylation is 1. The second kappa shape index (κ2) is 11.6. The number of benzene rings is 2. The number of carbonyl (C=O) groups is 2. The van der Waals surface area contributed by atoms with Crippen molar-refractivity contribution in [1.82, 2.24) is 15.6 Å². The maximum absolute atomic E-state index is 12.8. The normalized spacial score (nSPS) is 11.5. The molecule has 3 N–H and O–H groups in total. The second-order valence-electron chi connectivity index (χ2n) is 7.39. The van der Waals surface area contributed by atoms with Gasteiger partial charge in [-0.3, -0.25) is 14.6 Å². The molecule has 1 aromatic heterocycles. The van der Waals surface area contributed by atoms with Gasteiger partial charge in [0.25, 0.3) is 5.91 Å². The number of ether oxygens (including phenoxy) is 1. The fraction of sp³-hybridized carbons (Fsp3) is 0.240. The smallest absolute Gasteiger partial charge is 0.252 e. The molecule has 0 fully saturated rings. The minimum absolute atomic E-state index is 0.0210. The predicted octanol–water partition coefficient (Wildman–Crippen LogP) is 2.77. The van der Waals surface area contributed by atoms with Gasteiger partial charge in [0.05, 0.1) is 13.2 Å². The number of carbonyl (C=O) groups excluding carboxylic acids is 2. The van der Waals surface area contributed by atoms with E-state index in [0.717, 1.165) is 11.3 Å². The van der Waals surface area contributed by atoms with Crippen LogP contribution in [0.2, 0.25) is 0 Å². The first-order chi connectivity index (χ1) is 15.5. The molecular weight excluding hydrogens is 406 g/mol. The van der Waals surface area contributed by atoms with Crippen LogP contribution in [0.25, 0.3) is 0 Å². The van der Waals surface area contributed by atoms with E-state index < -0.39 is 11.9 Å². The molecule has 0 radical (unpaired) electrons. The van der Waals surface area contributed by atoms with Crippen LogP contribution >= 0.6 is 0 Å². The van der Waals surface area contributed by atoms with Crippen LogP contribution in [0.4, 0.5) is 0 Å². The number of aromatic hydroxyl groups is 1. The Morgan fingerprint density at radius 3 is 2.56 bits per heavy atom. The van der Waals surface area contributed by atoms with Gasteiger partial charge < -0.3 is 20.5 Å². The fourth-order valence-electron chi connectivity index (χ4n) is 3.07. The number of phenolic OH excluding ortho intramolecular Hbond substituents is 1. The van der Waals surface area contributed by atoms with Crippen LogP contribution in [-0.4, -0.2) is 41.1 Å². The zero-order valence-electron chi connectivity index (χ0n) is 18.0. The number of nitrogens with one attached hydrogen (secondary N) is 2. The van der Waals surface area contributed by atoms with Crippen molar-refractivity contribution in [2.75, 3.05) is 13.2 Å². The van der Waals surface area contributed by atoms with Crippen molar-refractivity contribution in [1.29, 1.82) is 0 Å². The molecule has 1 atom stereocenters. The van der Waals surface area contributed by atoms with Crippen LogP contribution in [0, 0.1) is 6.92 Å². The van der Waals surface area contributed by atoms with Crippen LogP contribution in [0.1, 0.15) is 27.2 Å². The molecule has 32 heavy (non-hydrogen) atoms. The topological polar surface area (TPSA) is 101 Å². The standard InChI is InChI=1S/C25H27N3O4/c1-18-15-20(10-11-23(18)29)24(30)28-22(17-32-16-19-7-3-2-4-8-19)25(31)27-14-12-21-9-5-6-13-26-21/h2-11,13,15,22,29H,12,14,16-17H2,1H3,(H,27,31)(H,28,30)/t22-/m1/s1. The first-order valence-corrected chi connectivity index (χ1v) is 10.4. The van der Waals surface area contributed by atoms with Crippen LogP contribution in [-0.2, 0) is 22.6 Å². The molecule has 3 aromatic rings. The van der Waals surface area contributed by atoms with Gasteiger partial charge in [0.1, 0.15) is 11.8 Å². The number of amides is 2. The van der Waals surface area contributed by atoms with Gasteiger partial charge in [-0.25, -0.2) is 0 Å². The summed E-state index contributed by atoms with van der Waals surface area (Å²) in [5.41, 5.74) is 2.78. The molecule has 0 spiro atoms. The third-order valence-corrected chi connectivity index (χ3v) is 4.88. The van der Waals surface area contributed by atoms with Gasteiger partial charge in [0.15, 0.2) is 0 Å². The molecule has 0 saturated heterocycles. The van der Waals surface area contributed by atoms with Crippen molar-refractivity contribution in [2.24, 2.45) is 0 Å². The van der Waals surface area contributed by atoms with E-state index in [4.69, 9.17) is 4.74 Å². The number of hydrogen-bond acceptors (Lipinski definition) is 5. The van der Waals surface area contributed by atoms with E-state index in [2.05, 4.69) is 15.6 Å². The van der Waals surface area contributed by atoms with E-state index in [1.807, 2.05) is 48.5 Å². The Balaban J connectivity index is 1.61. The molecule has 0 bridgehead atoms. The van der Waals surface area contributed by atoms with Crippen molar-refractivity contribution >= 4 is 11.8 Å². The number of pyridine rings is 1. The average Bonchev–Trinajstić information content (AvgIpc) is 2.81. The number of phenols is 1. The molecule has 3 rings (SSSR count). The Morgan fingerprint density at radius 1 is 1.06 bits per heavy atom. The first kappa shape index (κ1) is 23.0. The molecule has 0 aliphatic rings. The highest BCUT2D eigenvalue weighted by molar-refractivity contribution is 5.97. The van der Waals surface area contributed by atoms with Crippen molar-refractivity contribution in [3.63, 3.8) is 0 Å². The molecule has 0 unspecified atom stereocenters. The zero-order chi connectivity index (χ0) is 22.8. The Kier molecular flexibility index (Phi) is 8.34. The number of aromatic nitrogens is 1. The highest BCUT2D eigenvalue weighted by Crippen LogP contribution is 2.17. The summed E-state index contributed by atoms with van der Waals surface area (Å²) in [5.74, 6) is -0.643. The predicted molar refractivity (Wildman–Crippen MR) is 121 cm³/mol. The zero-order valence-corrected chi connectivity index (χ0v) is 18.0. The third-order valence-electron chi connectivity index (χ3n) is 4.88. The number of rotatable bonds is 10. The molecule has 1 heterocycles. The highest BCUT2D eigenvalue weighted by atomic mass is 16.5. The summed E-state index contributed by atoms with van der Waals surface area (Å²) in [7, 11) is 0. The number of nitrogens with zero attached hydrogens (tertiary/aromatic N) is 1. The summed E-state index contributed by atoms with van der Waals surface area (Å²) in [6.45, 7) is 2.44. The van der Waals surface area contributed by atoms with Crippen LogP contribution in [0.3, 0.4) is 0 Å². The minimum Gasteiger partial charge on any atom is -0.508 e. The molecule has 0 aliphatic carbocycles. The molecule has 2 amide bonds. The van der Waals surface area contributed by atoms with Gasteiger partial charge in [0.2, 0.25) is 5.91 Å². The Bertz CT molecular complexity index is 1030. The van der Waals surface area contributed by atoms with Gasteiger partial charge in [-0.2, -0.15) is 0 Å². The van der Waals surface area contributed by atoms with E-state index in [9.17, 15) is 14.7 Å². The monoisotopic (exact) mass is 433 g/mol. The molecule has 7 heteroatoms. The average molecular weight is 434 g/mol. The maximum Gasteiger partial charge on any atom is 0.252 e. The van der Waals surface area contributed by atoms with Gasteiger partial charge in [-0.15, -0.1) is 0 Å². The molecule has 0 aliphatic heterocycles. The van der Waals surface area contributed by atoms with Gasteiger partial charge in [0, 0.05) is 30.4 Å². The lowest BCUT2D eigenvalue weighted by Crippen LogP contribution is -2.49. The van der Waals surface area contributed by atoms with Gasteiger partial charge in [-0.1, -0.05) is 36.4 Å². The quantitative estimate of drug-likeness (QED) is 0.457. The Hall–Kier alpha value is -3.71. The van der Waals surface area contributed by atoms with Crippen LogP contribution in [0.5, 0.6) is 5.75 Å². The maximum atomic E-state index is 12.8. The van der Waals surface area contributed by atoms with Crippen molar-refractivity contribution in [3.05, 3.63) is 95.3 Å². The first-order valence-electron chi connectivity index (χ1n) is 10.4. The summed E-state index contributed by atoms with van der Waals surface area (Å²) in [6.07, 6.45) is 2.28. The lowest BCUT2D eigenvalue weighted by Gasteiger charge is -2.19. The van der Waals surface area contributed by atoms with E-state index >= 15 is 0 Å². The van der Waals surface area contributed by atoms with E-state index in [1.165, 1.54) is 12.1 Å². The molecule has 2 aromatic carbocycles. The summed E-state index contributed by atoms with van der Waals surface area (Å²) in [5, 5.41) is 15.3. The lowest BCUT2D eigenvalue weighted by atomic mass is 10.1. The second-order valence-corrected chi connectivity index (χ2v) is 7.39. The molecular formula is C25H27N3O4. The number of hydrogen-bond donors (Lipinski definition) is 3. The Morgan fingerprint density at radius 2 is 1.84 bits per heavy atom. The molecule has 7 nitrogen and oxygen atoms in total. The summed E-state index contributed by atoms with van der Waals surface area (Å²) >= 11 is 0. The van der Waals surface area contributed by atoms with E-state index in [1.54, 1.807) is 19.2 Å². The van der Waals surface area contributed by atoms with Gasteiger partial charge >= 0.3 is 0 Å². The van der Waals surface area contributed by atoms with Crippen molar-refractivity contribution in [2.45, 2.75) is 26.0 Å².